The van der Waals surface area contributed by atoms with E-state index in [2.05, 4.69) is 15.3 Å². The topological polar surface area (TPSA) is 101 Å². The number of benzene rings is 2. The van der Waals surface area contributed by atoms with Crippen molar-refractivity contribution in [3.63, 3.8) is 0 Å². The van der Waals surface area contributed by atoms with E-state index in [-0.39, 0.29) is 18.4 Å². The molecule has 3 aromatic rings. The van der Waals surface area contributed by atoms with Crippen LogP contribution in [0.5, 0.6) is 0 Å². The van der Waals surface area contributed by atoms with Gasteiger partial charge in [-0.05, 0) is 31.2 Å². The number of hydrogen-bond acceptors (Lipinski definition) is 5. The van der Waals surface area contributed by atoms with E-state index in [4.69, 9.17) is 4.74 Å². The highest BCUT2D eigenvalue weighted by atomic mass is 16.5. The number of ether oxygens (including phenoxy) is 1. The minimum Gasteiger partial charge on any atom is -0.453 e. The number of H-pyrrole nitrogens is 1. The molecule has 1 atom stereocenters. The zero-order valence-electron chi connectivity index (χ0n) is 14.8. The maximum atomic E-state index is 12.1. The first-order valence-electron chi connectivity index (χ1n) is 8.56. The van der Waals surface area contributed by atoms with Crippen molar-refractivity contribution in [1.29, 1.82) is 0 Å². The second kappa shape index (κ2) is 8.27. The predicted molar refractivity (Wildman–Crippen MR) is 101 cm³/mol. The molecule has 1 unspecified atom stereocenters. The van der Waals surface area contributed by atoms with Gasteiger partial charge in [0.1, 0.15) is 5.82 Å². The number of aryl methyl sites for hydroxylation is 1. The number of fused-ring (bicyclic) bond motifs is 1. The summed E-state index contributed by atoms with van der Waals surface area (Å²) in [7, 11) is 0. The quantitative estimate of drug-likeness (QED) is 0.653. The zero-order chi connectivity index (χ0) is 19.2. The van der Waals surface area contributed by atoms with Crippen LogP contribution in [0.25, 0.3) is 10.9 Å². The van der Waals surface area contributed by atoms with Crippen molar-refractivity contribution in [2.45, 2.75) is 25.9 Å². The lowest BCUT2D eigenvalue weighted by atomic mass is 10.2. The maximum Gasteiger partial charge on any atom is 0.307 e. The fraction of sp³-hybridized carbons (Fsp3) is 0.200. The second-order valence-electron chi connectivity index (χ2n) is 6.02. The van der Waals surface area contributed by atoms with Crippen LogP contribution in [0.4, 0.5) is 5.69 Å². The molecule has 1 aromatic heterocycles. The molecule has 0 aliphatic carbocycles. The molecule has 0 aliphatic heterocycles. The third-order valence-corrected chi connectivity index (χ3v) is 3.95. The summed E-state index contributed by atoms with van der Waals surface area (Å²) in [5.74, 6) is -0.551. The van der Waals surface area contributed by atoms with E-state index in [1.165, 1.54) is 6.92 Å². The standard InChI is InChI=1S/C20H19N3O4/c1-13(19(25)21-14-7-3-2-4-8-14)27-18(24)12-11-17-22-16-10-6-5-9-15(16)20(26)23-17/h2-10,13H,11-12H2,1H3,(H,21,25)(H,22,23,26). The molecule has 7 nitrogen and oxygen atoms in total. The number of carbonyl (C=O) groups is 2. The number of amides is 1. The molecule has 27 heavy (non-hydrogen) atoms. The van der Waals surface area contributed by atoms with E-state index >= 15 is 0 Å². The number of hydrogen-bond donors (Lipinski definition) is 2. The number of para-hydroxylation sites is 2. The molecular weight excluding hydrogens is 346 g/mol. The van der Waals surface area contributed by atoms with E-state index in [0.717, 1.165) is 0 Å². The summed E-state index contributed by atoms with van der Waals surface area (Å²) < 4.78 is 5.15. The van der Waals surface area contributed by atoms with Crippen molar-refractivity contribution < 1.29 is 14.3 Å². The molecule has 1 amide bonds. The molecule has 0 spiro atoms. The molecule has 0 saturated carbocycles. The van der Waals surface area contributed by atoms with E-state index < -0.39 is 18.0 Å². The lowest BCUT2D eigenvalue weighted by molar-refractivity contribution is -0.153. The van der Waals surface area contributed by atoms with Gasteiger partial charge in [-0.25, -0.2) is 4.98 Å². The van der Waals surface area contributed by atoms with Crippen LogP contribution in [0.1, 0.15) is 19.2 Å². The van der Waals surface area contributed by atoms with Gasteiger partial charge in [0.05, 0.1) is 17.3 Å². The minimum atomic E-state index is -0.929. The van der Waals surface area contributed by atoms with E-state index in [1.807, 2.05) is 6.07 Å². The van der Waals surface area contributed by atoms with Crippen LogP contribution >= 0.6 is 0 Å². The molecule has 1 heterocycles. The Balaban J connectivity index is 1.55. The van der Waals surface area contributed by atoms with Crippen LogP contribution in [-0.2, 0) is 20.7 Å². The Morgan fingerprint density at radius 1 is 1.11 bits per heavy atom. The van der Waals surface area contributed by atoms with Crippen molar-refractivity contribution in [3.8, 4) is 0 Å². The lowest BCUT2D eigenvalue weighted by Gasteiger charge is -2.13. The smallest absolute Gasteiger partial charge is 0.307 e. The largest absolute Gasteiger partial charge is 0.453 e. The summed E-state index contributed by atoms with van der Waals surface area (Å²) in [6.07, 6.45) is -0.711. The van der Waals surface area contributed by atoms with Gasteiger partial charge in [-0.3, -0.25) is 14.4 Å². The van der Waals surface area contributed by atoms with Gasteiger partial charge in [0, 0.05) is 12.1 Å². The highest BCUT2D eigenvalue weighted by Gasteiger charge is 2.18. The SMILES string of the molecule is CC(OC(=O)CCc1nc2ccccc2c(=O)[nH]1)C(=O)Nc1ccccc1. The molecule has 2 N–H and O–H groups in total. The molecule has 0 bridgehead atoms. The first-order valence-corrected chi connectivity index (χ1v) is 8.56. The van der Waals surface area contributed by atoms with Gasteiger partial charge in [-0.2, -0.15) is 0 Å². The zero-order valence-corrected chi connectivity index (χ0v) is 14.8. The molecule has 3 rings (SSSR count). The van der Waals surface area contributed by atoms with Crippen LogP contribution in [0.3, 0.4) is 0 Å². The first-order chi connectivity index (χ1) is 13.0. The van der Waals surface area contributed by atoms with Crippen molar-refractivity contribution in [3.05, 3.63) is 70.8 Å². The number of esters is 1. The summed E-state index contributed by atoms with van der Waals surface area (Å²) in [4.78, 5) is 43.1. The molecule has 0 aliphatic rings. The Hall–Kier alpha value is -3.48. The van der Waals surface area contributed by atoms with Gasteiger partial charge in [-0.1, -0.05) is 30.3 Å². The Kier molecular flexibility index (Phi) is 5.61. The van der Waals surface area contributed by atoms with Gasteiger partial charge in [0.2, 0.25) is 0 Å². The Bertz CT molecular complexity index is 1010. The van der Waals surface area contributed by atoms with Crippen LogP contribution in [0.15, 0.2) is 59.4 Å². The molecule has 7 heteroatoms. The average Bonchev–Trinajstić information content (AvgIpc) is 2.67. The molecule has 0 fully saturated rings. The van der Waals surface area contributed by atoms with Crippen molar-refractivity contribution in [2.24, 2.45) is 0 Å². The number of anilines is 1. The highest BCUT2D eigenvalue weighted by Crippen LogP contribution is 2.09. The summed E-state index contributed by atoms with van der Waals surface area (Å²) >= 11 is 0. The Morgan fingerprint density at radius 2 is 1.81 bits per heavy atom. The Labute approximate surface area is 155 Å². The fourth-order valence-electron chi connectivity index (χ4n) is 2.55. The average molecular weight is 365 g/mol. The second-order valence-corrected chi connectivity index (χ2v) is 6.02. The van der Waals surface area contributed by atoms with Crippen molar-refractivity contribution in [1.82, 2.24) is 9.97 Å². The van der Waals surface area contributed by atoms with Crippen LogP contribution in [0.2, 0.25) is 0 Å². The lowest BCUT2D eigenvalue weighted by Crippen LogP contribution is -2.30. The Morgan fingerprint density at radius 3 is 2.59 bits per heavy atom. The summed E-state index contributed by atoms with van der Waals surface area (Å²) in [6, 6.07) is 15.9. The van der Waals surface area contributed by atoms with Crippen LogP contribution in [0, 0.1) is 0 Å². The molecule has 0 radical (unpaired) electrons. The van der Waals surface area contributed by atoms with Gasteiger partial charge >= 0.3 is 5.97 Å². The van der Waals surface area contributed by atoms with Crippen molar-refractivity contribution >= 4 is 28.5 Å². The fourth-order valence-corrected chi connectivity index (χ4v) is 2.55. The van der Waals surface area contributed by atoms with E-state index in [0.29, 0.717) is 22.4 Å². The van der Waals surface area contributed by atoms with Gasteiger partial charge in [0.25, 0.3) is 11.5 Å². The highest BCUT2D eigenvalue weighted by molar-refractivity contribution is 5.95. The monoisotopic (exact) mass is 365 g/mol. The number of rotatable bonds is 6. The minimum absolute atomic E-state index is 0.00420. The van der Waals surface area contributed by atoms with Crippen LogP contribution < -0.4 is 10.9 Å². The summed E-state index contributed by atoms with van der Waals surface area (Å²) in [5.41, 5.74) is 0.947. The van der Waals surface area contributed by atoms with Gasteiger partial charge in [0.15, 0.2) is 6.10 Å². The third kappa shape index (κ3) is 4.78. The van der Waals surface area contributed by atoms with Gasteiger partial charge < -0.3 is 15.0 Å². The molecule has 138 valence electrons. The number of carbonyl (C=O) groups excluding carboxylic acids is 2. The normalized spacial score (nSPS) is 11.7. The summed E-state index contributed by atoms with van der Waals surface area (Å²) in [5, 5.41) is 3.17. The number of aromatic nitrogens is 2. The predicted octanol–water partition coefficient (Wildman–Crippen LogP) is 2.43. The maximum absolute atomic E-state index is 12.1. The summed E-state index contributed by atoms with van der Waals surface area (Å²) in [6.45, 7) is 1.51. The number of aromatic amines is 1. The van der Waals surface area contributed by atoms with Crippen molar-refractivity contribution in [2.75, 3.05) is 5.32 Å². The number of nitrogens with zero attached hydrogens (tertiary/aromatic N) is 1. The van der Waals surface area contributed by atoms with Gasteiger partial charge in [-0.15, -0.1) is 0 Å². The van der Waals surface area contributed by atoms with E-state index in [1.54, 1.807) is 48.5 Å². The molecule has 2 aromatic carbocycles. The van der Waals surface area contributed by atoms with Crippen LogP contribution in [-0.4, -0.2) is 27.9 Å². The van der Waals surface area contributed by atoms with E-state index in [9.17, 15) is 14.4 Å². The first kappa shape index (κ1) is 18.3. The molecular formula is C20H19N3O4. The third-order valence-electron chi connectivity index (χ3n) is 3.95. The number of nitrogens with one attached hydrogen (secondary N) is 2. The molecule has 0 saturated heterocycles.